The van der Waals surface area contributed by atoms with Gasteiger partial charge >= 0.3 is 0 Å². The summed E-state index contributed by atoms with van der Waals surface area (Å²) in [5.41, 5.74) is 4.72. The summed E-state index contributed by atoms with van der Waals surface area (Å²) >= 11 is 0. The molecule has 0 amide bonds. The molecule has 1 heterocycles. The van der Waals surface area contributed by atoms with Gasteiger partial charge in [-0.15, -0.1) is 0 Å². The van der Waals surface area contributed by atoms with Gasteiger partial charge in [-0.2, -0.15) is 0 Å². The largest absolute Gasteiger partial charge is 0.379 e. The first-order chi connectivity index (χ1) is 7.72. The fourth-order valence-electron chi connectivity index (χ4n) is 2.66. The molecular formula is C15H22O. The molecule has 1 aliphatic heterocycles. The fourth-order valence-corrected chi connectivity index (χ4v) is 2.66. The van der Waals surface area contributed by atoms with Crippen LogP contribution in [-0.2, 0) is 16.6 Å². The lowest BCUT2D eigenvalue weighted by Gasteiger charge is -2.42. The third-order valence-corrected chi connectivity index (χ3v) is 3.83. The highest BCUT2D eigenvalue weighted by atomic mass is 16.5. The van der Waals surface area contributed by atoms with E-state index in [-0.39, 0.29) is 0 Å². The van der Waals surface area contributed by atoms with Crippen molar-refractivity contribution in [2.24, 2.45) is 0 Å². The molecule has 1 saturated heterocycles. The molecule has 1 aliphatic rings. The molecule has 0 saturated carbocycles. The maximum absolute atomic E-state index is 5.45. The van der Waals surface area contributed by atoms with Gasteiger partial charge in [-0.25, -0.2) is 0 Å². The van der Waals surface area contributed by atoms with Crippen LogP contribution in [0.2, 0.25) is 0 Å². The van der Waals surface area contributed by atoms with Crippen LogP contribution in [-0.4, -0.2) is 13.2 Å². The Hall–Kier alpha value is -0.820. The highest BCUT2D eigenvalue weighted by molar-refractivity contribution is 5.36. The summed E-state index contributed by atoms with van der Waals surface area (Å²) in [5.74, 6) is 0. The summed E-state index contributed by atoms with van der Waals surface area (Å²) in [5, 5.41) is 0. The number of ether oxygens (including phenoxy) is 1. The molecule has 0 N–H and O–H groups in total. The number of aryl methyl sites for hydroxylation is 2. The Morgan fingerprint density at radius 2 is 2.00 bits per heavy atom. The smallest absolute Gasteiger partial charge is 0.0585 e. The Balaban J connectivity index is 2.31. The molecule has 1 heteroatoms. The van der Waals surface area contributed by atoms with Crippen LogP contribution in [0.4, 0.5) is 0 Å². The van der Waals surface area contributed by atoms with Crippen molar-refractivity contribution in [3.05, 3.63) is 34.9 Å². The zero-order chi connectivity index (χ0) is 11.6. The highest BCUT2D eigenvalue weighted by Crippen LogP contribution is 2.37. The molecule has 0 radical (unpaired) electrons. The van der Waals surface area contributed by atoms with Crippen LogP contribution in [0.3, 0.4) is 0 Å². The van der Waals surface area contributed by atoms with E-state index in [0.29, 0.717) is 5.41 Å². The van der Waals surface area contributed by atoms with Crippen molar-refractivity contribution in [1.82, 2.24) is 0 Å². The maximum Gasteiger partial charge on any atom is 0.0585 e. The van der Waals surface area contributed by atoms with E-state index < -0.39 is 0 Å². The van der Waals surface area contributed by atoms with E-state index in [1.165, 1.54) is 29.5 Å². The Kier molecular flexibility index (Phi) is 3.34. The van der Waals surface area contributed by atoms with Crippen molar-refractivity contribution in [2.45, 2.75) is 45.4 Å². The highest BCUT2D eigenvalue weighted by Gasteiger charge is 2.39. The topological polar surface area (TPSA) is 9.23 Å². The van der Waals surface area contributed by atoms with Crippen LogP contribution < -0.4 is 0 Å². The third kappa shape index (κ3) is 1.89. The molecule has 2 rings (SSSR count). The zero-order valence-corrected chi connectivity index (χ0v) is 10.7. The van der Waals surface area contributed by atoms with Crippen molar-refractivity contribution in [1.29, 1.82) is 0 Å². The van der Waals surface area contributed by atoms with Gasteiger partial charge < -0.3 is 4.74 Å². The lowest BCUT2D eigenvalue weighted by Crippen LogP contribution is -2.46. The number of hydrogen-bond acceptors (Lipinski definition) is 1. The lowest BCUT2D eigenvalue weighted by molar-refractivity contribution is -0.0646. The molecule has 0 atom stereocenters. The van der Waals surface area contributed by atoms with E-state index in [2.05, 4.69) is 39.0 Å². The first-order valence-electron chi connectivity index (χ1n) is 6.39. The van der Waals surface area contributed by atoms with Crippen LogP contribution in [0.5, 0.6) is 0 Å². The van der Waals surface area contributed by atoms with Crippen molar-refractivity contribution in [3.8, 4) is 0 Å². The first kappa shape index (κ1) is 11.7. The molecule has 1 fully saturated rings. The molecule has 1 aromatic rings. The monoisotopic (exact) mass is 218 g/mol. The predicted octanol–water partition coefficient (Wildman–Crippen LogP) is 3.63. The Morgan fingerprint density at radius 3 is 2.50 bits per heavy atom. The molecule has 0 unspecified atom stereocenters. The SMILES string of the molecule is CCCC1(c2ccc(C)c(CC)c2)COC1. The van der Waals surface area contributed by atoms with Crippen LogP contribution in [0, 0.1) is 6.92 Å². The Bertz CT molecular complexity index is 364. The van der Waals surface area contributed by atoms with E-state index in [0.717, 1.165) is 19.6 Å². The number of benzene rings is 1. The quantitative estimate of drug-likeness (QED) is 0.750. The van der Waals surface area contributed by atoms with Gasteiger partial charge in [0.05, 0.1) is 13.2 Å². The van der Waals surface area contributed by atoms with Crippen molar-refractivity contribution in [3.63, 3.8) is 0 Å². The minimum atomic E-state index is 0.326. The Labute approximate surface area is 98.8 Å². The molecule has 16 heavy (non-hydrogen) atoms. The molecule has 1 aromatic carbocycles. The van der Waals surface area contributed by atoms with Gasteiger partial charge in [-0.1, -0.05) is 38.5 Å². The molecule has 0 spiro atoms. The van der Waals surface area contributed by atoms with Crippen molar-refractivity contribution < 1.29 is 4.74 Å². The molecule has 88 valence electrons. The van der Waals surface area contributed by atoms with E-state index in [9.17, 15) is 0 Å². The second-order valence-electron chi connectivity index (χ2n) is 5.02. The van der Waals surface area contributed by atoms with Gasteiger partial charge in [-0.3, -0.25) is 0 Å². The van der Waals surface area contributed by atoms with Crippen LogP contribution in [0.25, 0.3) is 0 Å². The minimum Gasteiger partial charge on any atom is -0.379 e. The van der Waals surface area contributed by atoms with E-state index >= 15 is 0 Å². The molecule has 0 aliphatic carbocycles. The normalized spacial score (nSPS) is 18.2. The van der Waals surface area contributed by atoms with Crippen LogP contribution in [0.15, 0.2) is 18.2 Å². The van der Waals surface area contributed by atoms with E-state index in [1.807, 2.05) is 0 Å². The summed E-state index contributed by atoms with van der Waals surface area (Å²) in [4.78, 5) is 0. The van der Waals surface area contributed by atoms with Crippen molar-refractivity contribution in [2.75, 3.05) is 13.2 Å². The fraction of sp³-hybridized carbons (Fsp3) is 0.600. The van der Waals surface area contributed by atoms with Crippen LogP contribution >= 0.6 is 0 Å². The minimum absolute atomic E-state index is 0.326. The molecule has 1 nitrogen and oxygen atoms in total. The van der Waals surface area contributed by atoms with E-state index in [1.54, 1.807) is 0 Å². The first-order valence-corrected chi connectivity index (χ1v) is 6.39. The molecule has 0 aromatic heterocycles. The molecular weight excluding hydrogens is 196 g/mol. The van der Waals surface area contributed by atoms with Gasteiger partial charge in [0.25, 0.3) is 0 Å². The van der Waals surface area contributed by atoms with Gasteiger partial charge in [-0.05, 0) is 36.5 Å². The van der Waals surface area contributed by atoms with Crippen LogP contribution in [0.1, 0.15) is 43.4 Å². The molecule has 0 bridgehead atoms. The number of rotatable bonds is 4. The zero-order valence-electron chi connectivity index (χ0n) is 10.7. The summed E-state index contributed by atoms with van der Waals surface area (Å²) in [7, 11) is 0. The lowest BCUT2D eigenvalue weighted by atomic mass is 9.74. The summed E-state index contributed by atoms with van der Waals surface area (Å²) < 4.78 is 5.45. The van der Waals surface area contributed by atoms with Gasteiger partial charge in [0.1, 0.15) is 0 Å². The summed E-state index contributed by atoms with van der Waals surface area (Å²) in [6, 6.07) is 6.96. The standard InChI is InChI=1S/C15H22O/c1-4-8-15(10-16-11-15)14-7-6-12(3)13(5-2)9-14/h6-7,9H,4-5,8,10-11H2,1-3H3. The number of hydrogen-bond donors (Lipinski definition) is 0. The van der Waals surface area contributed by atoms with E-state index in [4.69, 9.17) is 4.74 Å². The van der Waals surface area contributed by atoms with Gasteiger partial charge in [0, 0.05) is 5.41 Å². The van der Waals surface area contributed by atoms with Crippen molar-refractivity contribution >= 4 is 0 Å². The second kappa shape index (κ2) is 4.58. The predicted molar refractivity (Wildman–Crippen MR) is 68.0 cm³/mol. The third-order valence-electron chi connectivity index (χ3n) is 3.83. The average molecular weight is 218 g/mol. The maximum atomic E-state index is 5.45. The van der Waals surface area contributed by atoms with Gasteiger partial charge in [0.2, 0.25) is 0 Å². The summed E-state index contributed by atoms with van der Waals surface area (Å²) in [6.45, 7) is 8.51. The average Bonchev–Trinajstić information content (AvgIpc) is 2.24. The Morgan fingerprint density at radius 1 is 1.25 bits per heavy atom. The summed E-state index contributed by atoms with van der Waals surface area (Å²) in [6.07, 6.45) is 3.61. The van der Waals surface area contributed by atoms with Gasteiger partial charge in [0.15, 0.2) is 0 Å². The second-order valence-corrected chi connectivity index (χ2v) is 5.02.